The molecule has 0 saturated heterocycles. The van der Waals surface area contributed by atoms with Crippen LogP contribution in [0.4, 0.5) is 0 Å². The Hall–Kier alpha value is -1.58. The summed E-state index contributed by atoms with van der Waals surface area (Å²) in [7, 11) is 1.86. The van der Waals surface area contributed by atoms with Crippen LogP contribution in [0.3, 0.4) is 0 Å². The number of carbonyl (C=O) groups excluding carboxylic acids is 1. The van der Waals surface area contributed by atoms with E-state index in [0.29, 0.717) is 6.61 Å². The number of aryl methyl sites for hydroxylation is 1. The molecule has 4 nitrogen and oxygen atoms in total. The first kappa shape index (κ1) is 9.51. The maximum absolute atomic E-state index is 10.9. The molecule has 4 heteroatoms. The van der Waals surface area contributed by atoms with E-state index in [-0.39, 0.29) is 5.97 Å². The van der Waals surface area contributed by atoms with Gasteiger partial charge in [-0.15, -0.1) is 0 Å². The highest BCUT2D eigenvalue weighted by Crippen LogP contribution is 1.97. The summed E-state index contributed by atoms with van der Waals surface area (Å²) in [5.41, 5.74) is 0. The van der Waals surface area contributed by atoms with Crippen LogP contribution in [0, 0.1) is 0 Å². The Morgan fingerprint density at radius 1 is 1.77 bits per heavy atom. The zero-order valence-corrected chi connectivity index (χ0v) is 7.73. The molecule has 1 aromatic heterocycles. The average Bonchev–Trinajstić information content (AvgIpc) is 2.48. The number of aromatic nitrogens is 2. The Balaban J connectivity index is 2.58. The highest BCUT2D eigenvalue weighted by molar-refractivity contribution is 5.86. The number of hydrogen-bond acceptors (Lipinski definition) is 3. The van der Waals surface area contributed by atoms with E-state index in [1.807, 2.05) is 17.8 Å². The van der Waals surface area contributed by atoms with Gasteiger partial charge in [-0.1, -0.05) is 0 Å². The van der Waals surface area contributed by atoms with Crippen molar-refractivity contribution in [3.8, 4) is 0 Å². The van der Waals surface area contributed by atoms with Gasteiger partial charge in [0, 0.05) is 25.5 Å². The number of rotatable bonds is 3. The minimum atomic E-state index is -0.342. The molecule has 0 saturated carbocycles. The first-order valence-electron chi connectivity index (χ1n) is 4.06. The number of nitrogens with zero attached hydrogens (tertiary/aromatic N) is 2. The second-order valence-electron chi connectivity index (χ2n) is 2.48. The van der Waals surface area contributed by atoms with Crippen LogP contribution in [-0.2, 0) is 16.6 Å². The lowest BCUT2D eigenvalue weighted by molar-refractivity contribution is -0.137. The fourth-order valence-corrected chi connectivity index (χ4v) is 0.871. The van der Waals surface area contributed by atoms with Gasteiger partial charge < -0.3 is 9.30 Å². The highest BCUT2D eigenvalue weighted by atomic mass is 16.5. The Bertz CT molecular complexity index is 315. The van der Waals surface area contributed by atoms with Gasteiger partial charge in [-0.2, -0.15) is 0 Å². The van der Waals surface area contributed by atoms with Crippen LogP contribution in [0.15, 0.2) is 18.5 Å². The van der Waals surface area contributed by atoms with Crippen molar-refractivity contribution < 1.29 is 9.53 Å². The molecule has 1 heterocycles. The Morgan fingerprint density at radius 3 is 3.08 bits per heavy atom. The summed E-state index contributed by atoms with van der Waals surface area (Å²) in [5.74, 6) is 0.388. The standard InChI is InChI=1S/C9H12N2O2/c1-3-13-9(12)5-4-8-10-6-7-11(8)2/h4-7H,3H2,1-2H3. The Labute approximate surface area is 76.8 Å². The SMILES string of the molecule is CCOC(=O)C=Cc1nccn1C. The lowest BCUT2D eigenvalue weighted by Crippen LogP contribution is -1.99. The van der Waals surface area contributed by atoms with E-state index in [2.05, 4.69) is 4.98 Å². The maximum Gasteiger partial charge on any atom is 0.330 e. The molecule has 0 amide bonds. The van der Waals surface area contributed by atoms with E-state index in [1.165, 1.54) is 6.08 Å². The minimum Gasteiger partial charge on any atom is -0.463 e. The molecule has 0 atom stereocenters. The topological polar surface area (TPSA) is 44.1 Å². The number of ether oxygens (including phenoxy) is 1. The quantitative estimate of drug-likeness (QED) is 0.514. The van der Waals surface area contributed by atoms with Crippen molar-refractivity contribution in [2.75, 3.05) is 6.61 Å². The molecule has 0 radical (unpaired) electrons. The molecule has 1 aromatic rings. The molecule has 13 heavy (non-hydrogen) atoms. The van der Waals surface area contributed by atoms with Gasteiger partial charge in [0.15, 0.2) is 0 Å². The van der Waals surface area contributed by atoms with Crippen molar-refractivity contribution in [2.45, 2.75) is 6.92 Å². The number of carbonyl (C=O) groups is 1. The van der Waals surface area contributed by atoms with Crippen LogP contribution in [0.1, 0.15) is 12.7 Å². The molecule has 0 aliphatic heterocycles. The fourth-order valence-electron chi connectivity index (χ4n) is 0.871. The summed E-state index contributed by atoms with van der Waals surface area (Å²) in [6.07, 6.45) is 6.47. The van der Waals surface area contributed by atoms with Gasteiger partial charge >= 0.3 is 5.97 Å². The van der Waals surface area contributed by atoms with Crippen molar-refractivity contribution in [1.82, 2.24) is 9.55 Å². The minimum absolute atomic E-state index is 0.342. The lowest BCUT2D eigenvalue weighted by atomic mass is 10.4. The first-order chi connectivity index (χ1) is 6.24. The molecule has 70 valence electrons. The Kier molecular flexibility index (Phi) is 3.25. The molecule has 1 rings (SSSR count). The smallest absolute Gasteiger partial charge is 0.330 e. The number of hydrogen-bond donors (Lipinski definition) is 0. The van der Waals surface area contributed by atoms with Gasteiger partial charge in [0.2, 0.25) is 0 Å². The van der Waals surface area contributed by atoms with E-state index in [0.717, 1.165) is 5.82 Å². The first-order valence-corrected chi connectivity index (χ1v) is 4.06. The van der Waals surface area contributed by atoms with Gasteiger partial charge in [-0.3, -0.25) is 0 Å². The second-order valence-corrected chi connectivity index (χ2v) is 2.48. The van der Waals surface area contributed by atoms with E-state index >= 15 is 0 Å². The molecule has 0 spiro atoms. The maximum atomic E-state index is 10.9. The van der Waals surface area contributed by atoms with Crippen LogP contribution < -0.4 is 0 Å². The molecule has 0 bridgehead atoms. The van der Waals surface area contributed by atoms with Gasteiger partial charge in [-0.25, -0.2) is 9.78 Å². The predicted octanol–water partition coefficient (Wildman–Crippen LogP) is 0.996. The molecule has 0 aliphatic carbocycles. The summed E-state index contributed by atoms with van der Waals surface area (Å²) < 4.78 is 6.53. The molecule has 0 N–H and O–H groups in total. The summed E-state index contributed by atoms with van der Waals surface area (Å²) >= 11 is 0. The molecule has 0 aromatic carbocycles. The largest absolute Gasteiger partial charge is 0.463 e. The van der Waals surface area contributed by atoms with Gasteiger partial charge in [0.05, 0.1) is 6.61 Å². The van der Waals surface area contributed by atoms with Crippen LogP contribution in [0.2, 0.25) is 0 Å². The van der Waals surface area contributed by atoms with Crippen LogP contribution >= 0.6 is 0 Å². The zero-order chi connectivity index (χ0) is 9.68. The highest BCUT2D eigenvalue weighted by Gasteiger charge is 1.96. The third kappa shape index (κ3) is 2.74. The Morgan fingerprint density at radius 2 is 2.54 bits per heavy atom. The van der Waals surface area contributed by atoms with Crippen LogP contribution in [-0.4, -0.2) is 22.1 Å². The lowest BCUT2D eigenvalue weighted by Gasteiger charge is -1.95. The van der Waals surface area contributed by atoms with E-state index < -0.39 is 0 Å². The van der Waals surface area contributed by atoms with Gasteiger partial charge in [-0.05, 0) is 13.0 Å². The van der Waals surface area contributed by atoms with Gasteiger partial charge in [0.1, 0.15) is 5.82 Å². The van der Waals surface area contributed by atoms with Crippen molar-refractivity contribution in [2.24, 2.45) is 7.05 Å². The molecule has 0 aliphatic rings. The van der Waals surface area contributed by atoms with Crippen molar-refractivity contribution in [3.05, 3.63) is 24.3 Å². The molecule has 0 fully saturated rings. The van der Waals surface area contributed by atoms with Gasteiger partial charge in [0.25, 0.3) is 0 Å². The fraction of sp³-hybridized carbons (Fsp3) is 0.333. The summed E-state index contributed by atoms with van der Waals surface area (Å²) in [6, 6.07) is 0. The molecular weight excluding hydrogens is 168 g/mol. The zero-order valence-electron chi connectivity index (χ0n) is 7.73. The summed E-state index contributed by atoms with van der Waals surface area (Å²) in [5, 5.41) is 0. The normalized spacial score (nSPS) is 10.6. The molecular formula is C9H12N2O2. The monoisotopic (exact) mass is 180 g/mol. The van der Waals surface area contributed by atoms with E-state index in [9.17, 15) is 4.79 Å². The number of imidazole rings is 1. The predicted molar refractivity (Wildman–Crippen MR) is 48.9 cm³/mol. The van der Waals surface area contributed by atoms with Crippen LogP contribution in [0.5, 0.6) is 0 Å². The third-order valence-electron chi connectivity index (χ3n) is 1.51. The van der Waals surface area contributed by atoms with Crippen molar-refractivity contribution in [1.29, 1.82) is 0 Å². The number of esters is 1. The van der Waals surface area contributed by atoms with E-state index in [1.54, 1.807) is 19.2 Å². The summed E-state index contributed by atoms with van der Waals surface area (Å²) in [6.45, 7) is 2.16. The van der Waals surface area contributed by atoms with Crippen molar-refractivity contribution >= 4 is 12.0 Å². The molecule has 0 unspecified atom stereocenters. The third-order valence-corrected chi connectivity index (χ3v) is 1.51. The second kappa shape index (κ2) is 4.45. The average molecular weight is 180 g/mol. The van der Waals surface area contributed by atoms with Crippen molar-refractivity contribution in [3.63, 3.8) is 0 Å². The van der Waals surface area contributed by atoms with E-state index in [4.69, 9.17) is 4.74 Å². The van der Waals surface area contributed by atoms with Crippen LogP contribution in [0.25, 0.3) is 6.08 Å². The summed E-state index contributed by atoms with van der Waals surface area (Å²) in [4.78, 5) is 14.9.